The van der Waals surface area contributed by atoms with E-state index in [-0.39, 0.29) is 12.0 Å². The molecule has 148 valence electrons. The van der Waals surface area contributed by atoms with Gasteiger partial charge in [-0.3, -0.25) is 4.98 Å². The predicted molar refractivity (Wildman–Crippen MR) is 113 cm³/mol. The van der Waals surface area contributed by atoms with Crippen molar-refractivity contribution in [1.82, 2.24) is 9.55 Å². The van der Waals surface area contributed by atoms with E-state index < -0.39 is 16.6 Å². The van der Waals surface area contributed by atoms with Gasteiger partial charge < -0.3 is 13.7 Å². The largest absolute Gasteiger partial charge is 0.530 e. The fourth-order valence-electron chi connectivity index (χ4n) is 3.03. The lowest BCUT2D eigenvalue weighted by molar-refractivity contribution is -0.144. The maximum atomic E-state index is 12.2. The Hall–Kier alpha value is -2.01. The van der Waals surface area contributed by atoms with Gasteiger partial charge in [-0.1, -0.05) is 19.6 Å². The Kier molecular flexibility index (Phi) is 6.58. The highest BCUT2D eigenvalue weighted by Gasteiger charge is 2.42. The van der Waals surface area contributed by atoms with Crippen LogP contribution in [0.5, 0.6) is 0 Å². The van der Waals surface area contributed by atoms with Gasteiger partial charge in [-0.15, -0.1) is 10.2 Å². The highest BCUT2D eigenvalue weighted by molar-refractivity contribution is 6.76. The molecule has 2 rings (SSSR count). The summed E-state index contributed by atoms with van der Waals surface area (Å²) in [5.74, 6) is 1.09. The van der Waals surface area contributed by atoms with Crippen LogP contribution in [0.1, 0.15) is 18.4 Å². The van der Waals surface area contributed by atoms with Crippen LogP contribution in [0, 0.1) is 0 Å². The second-order valence-corrected chi connectivity index (χ2v) is 17.7. The first-order valence-electron chi connectivity index (χ1n) is 9.14. The van der Waals surface area contributed by atoms with Crippen LogP contribution in [0.25, 0.3) is 0 Å². The number of ether oxygens (including phenoxy) is 1. The number of aromatic nitrogens is 1. The van der Waals surface area contributed by atoms with E-state index in [2.05, 4.69) is 59.0 Å². The van der Waals surface area contributed by atoms with Gasteiger partial charge in [-0.2, -0.15) is 0 Å². The maximum Gasteiger partial charge on any atom is 0.327 e. The van der Waals surface area contributed by atoms with Gasteiger partial charge in [0, 0.05) is 18.8 Å². The van der Waals surface area contributed by atoms with Gasteiger partial charge in [0.2, 0.25) is 14.2 Å². The second-order valence-electron chi connectivity index (χ2n) is 8.50. The van der Waals surface area contributed by atoms with E-state index >= 15 is 0 Å². The molecule has 1 aromatic heterocycles. The third kappa shape index (κ3) is 5.73. The highest BCUT2D eigenvalue weighted by Crippen LogP contribution is 2.27. The van der Waals surface area contributed by atoms with Crippen molar-refractivity contribution < 1.29 is 14.0 Å². The summed E-state index contributed by atoms with van der Waals surface area (Å²) < 4.78 is 13.3. The second kappa shape index (κ2) is 8.34. The molecule has 1 aliphatic heterocycles. The number of pyridine rings is 1. The average Bonchev–Trinajstić information content (AvgIpc) is 3.02. The van der Waals surface area contributed by atoms with Crippen molar-refractivity contribution >= 4 is 34.3 Å². The molecule has 9 heteroatoms. The number of esters is 1. The molecule has 0 amide bonds. The molecule has 27 heavy (non-hydrogen) atoms. The van der Waals surface area contributed by atoms with Crippen LogP contribution in [0.4, 0.5) is 0 Å². The van der Waals surface area contributed by atoms with Crippen molar-refractivity contribution in [2.45, 2.75) is 58.2 Å². The Morgan fingerprint density at radius 2 is 1.96 bits per heavy atom. The molecule has 0 aromatic carbocycles. The molecule has 2 heterocycles. The standard InChI is InChI=1S/C18H30N4O3Si2/c1-24-18(23)15-10-11-16(22(15)26(2,3)4)20-21-17(25-27(5,6)7)14-9-8-12-19-13-14/h8-9,12-13,15H,10-11H2,1-7H3/b20-16-,21-17+. The lowest BCUT2D eigenvalue weighted by Gasteiger charge is -2.36. The molecule has 0 saturated carbocycles. The average molecular weight is 407 g/mol. The molecule has 0 radical (unpaired) electrons. The lowest BCUT2D eigenvalue weighted by atomic mass is 10.2. The number of amidine groups is 1. The van der Waals surface area contributed by atoms with Crippen molar-refractivity contribution in [3.63, 3.8) is 0 Å². The third-order valence-electron chi connectivity index (χ3n) is 3.99. The van der Waals surface area contributed by atoms with E-state index in [1.165, 1.54) is 7.11 Å². The first-order chi connectivity index (χ1) is 12.5. The summed E-state index contributed by atoms with van der Waals surface area (Å²) in [6.45, 7) is 12.9. The quantitative estimate of drug-likeness (QED) is 0.246. The zero-order valence-electron chi connectivity index (χ0n) is 17.3. The summed E-state index contributed by atoms with van der Waals surface area (Å²) in [5.41, 5.74) is 0.798. The van der Waals surface area contributed by atoms with E-state index in [4.69, 9.17) is 9.16 Å². The van der Waals surface area contributed by atoms with Crippen molar-refractivity contribution in [2.75, 3.05) is 7.11 Å². The normalized spacial score (nSPS) is 20.1. The van der Waals surface area contributed by atoms with Crippen molar-refractivity contribution in [1.29, 1.82) is 0 Å². The molecule has 1 aliphatic rings. The van der Waals surface area contributed by atoms with Crippen LogP contribution in [-0.2, 0) is 14.0 Å². The monoisotopic (exact) mass is 406 g/mol. The fourth-order valence-corrected chi connectivity index (χ4v) is 5.87. The minimum atomic E-state index is -1.88. The summed E-state index contributed by atoms with van der Waals surface area (Å²) in [6.07, 6.45) is 4.83. The van der Waals surface area contributed by atoms with Gasteiger partial charge in [0.05, 0.1) is 12.7 Å². The minimum Gasteiger partial charge on any atom is -0.530 e. The minimum absolute atomic E-state index is 0.211. The first kappa shape index (κ1) is 21.3. The van der Waals surface area contributed by atoms with Crippen LogP contribution in [0.15, 0.2) is 34.7 Å². The first-order valence-corrected chi connectivity index (χ1v) is 16.0. The van der Waals surface area contributed by atoms with Gasteiger partial charge in [0.1, 0.15) is 20.1 Å². The van der Waals surface area contributed by atoms with Gasteiger partial charge in [-0.05, 0) is 38.2 Å². The van der Waals surface area contributed by atoms with Gasteiger partial charge in [0.15, 0.2) is 0 Å². The molecule has 0 spiro atoms. The molecule has 1 unspecified atom stereocenters. The Bertz CT molecular complexity index is 724. The summed E-state index contributed by atoms with van der Waals surface area (Å²) in [4.78, 5) is 16.4. The molecule has 1 atom stereocenters. The number of carbonyl (C=O) groups is 1. The Morgan fingerprint density at radius 3 is 2.48 bits per heavy atom. The lowest BCUT2D eigenvalue weighted by Crippen LogP contribution is -2.53. The van der Waals surface area contributed by atoms with E-state index in [1.807, 2.05) is 12.1 Å². The van der Waals surface area contributed by atoms with Crippen LogP contribution < -0.4 is 0 Å². The molecule has 1 fully saturated rings. The van der Waals surface area contributed by atoms with E-state index in [0.29, 0.717) is 18.7 Å². The summed E-state index contributed by atoms with van der Waals surface area (Å²) in [6, 6.07) is 3.48. The zero-order valence-corrected chi connectivity index (χ0v) is 19.3. The number of hydrogen-bond donors (Lipinski definition) is 0. The van der Waals surface area contributed by atoms with E-state index in [0.717, 1.165) is 11.4 Å². The number of nitrogens with zero attached hydrogens (tertiary/aromatic N) is 4. The zero-order chi connectivity index (χ0) is 20.2. The molecule has 7 nitrogen and oxygen atoms in total. The Balaban J connectivity index is 2.41. The van der Waals surface area contributed by atoms with Crippen molar-refractivity contribution in [3.05, 3.63) is 30.1 Å². The fraction of sp³-hybridized carbons (Fsp3) is 0.556. The van der Waals surface area contributed by atoms with Gasteiger partial charge in [-0.25, -0.2) is 4.79 Å². The Labute approximate surface area is 163 Å². The predicted octanol–water partition coefficient (Wildman–Crippen LogP) is 3.47. The summed E-state index contributed by atoms with van der Waals surface area (Å²) in [7, 11) is -2.29. The van der Waals surface area contributed by atoms with Crippen LogP contribution in [0.3, 0.4) is 0 Å². The number of methoxy groups -OCH3 is 1. The third-order valence-corrected chi connectivity index (χ3v) is 6.82. The molecule has 0 aliphatic carbocycles. The van der Waals surface area contributed by atoms with Crippen molar-refractivity contribution in [3.8, 4) is 0 Å². The molecular formula is C18H30N4O3Si2. The molecular weight excluding hydrogens is 376 g/mol. The van der Waals surface area contributed by atoms with Gasteiger partial charge >= 0.3 is 5.97 Å². The van der Waals surface area contributed by atoms with Crippen LogP contribution in [-0.4, -0.2) is 57.0 Å². The molecule has 0 N–H and O–H groups in total. The molecule has 1 aromatic rings. The maximum absolute atomic E-state index is 12.2. The van der Waals surface area contributed by atoms with Crippen molar-refractivity contribution in [2.24, 2.45) is 10.2 Å². The number of carbonyl (C=O) groups excluding carboxylic acids is 1. The smallest absolute Gasteiger partial charge is 0.327 e. The van der Waals surface area contributed by atoms with Crippen LogP contribution >= 0.6 is 0 Å². The number of hydrogen-bond acceptors (Lipinski definition) is 6. The van der Waals surface area contributed by atoms with Crippen LogP contribution in [0.2, 0.25) is 39.3 Å². The molecule has 0 bridgehead atoms. The summed E-state index contributed by atoms with van der Waals surface area (Å²) >= 11 is 0. The topological polar surface area (TPSA) is 76.4 Å². The summed E-state index contributed by atoms with van der Waals surface area (Å²) in [5, 5.41) is 8.98. The number of rotatable bonds is 5. The van der Waals surface area contributed by atoms with E-state index in [9.17, 15) is 4.79 Å². The highest BCUT2D eigenvalue weighted by atomic mass is 28.4. The SMILES string of the molecule is COC(=O)C1CC/C(=N/N=C(/O[Si](C)(C)C)c2cccnc2)N1[Si](C)(C)C. The van der Waals surface area contributed by atoms with Gasteiger partial charge in [0.25, 0.3) is 0 Å². The Morgan fingerprint density at radius 1 is 1.26 bits per heavy atom. The molecule has 1 saturated heterocycles. The van der Waals surface area contributed by atoms with E-state index in [1.54, 1.807) is 12.4 Å².